The van der Waals surface area contributed by atoms with Crippen LogP contribution in [-0.2, 0) is 5.75 Å². The van der Waals surface area contributed by atoms with Crippen LogP contribution in [0.15, 0.2) is 58.5 Å². The molecule has 10 heteroatoms. The molecule has 0 saturated carbocycles. The molecule has 2 heterocycles. The molecule has 0 saturated heterocycles. The van der Waals surface area contributed by atoms with Gasteiger partial charge in [0.05, 0.1) is 27.4 Å². The number of hydrogen-bond donors (Lipinski definition) is 2. The fourth-order valence-corrected chi connectivity index (χ4v) is 3.79. The van der Waals surface area contributed by atoms with Crippen molar-refractivity contribution in [2.75, 3.05) is 11.5 Å². The second-order valence-corrected chi connectivity index (χ2v) is 7.11. The smallest absolute Gasteiger partial charge is 0.266 e. The predicted molar refractivity (Wildman–Crippen MR) is 111 cm³/mol. The van der Waals surface area contributed by atoms with Crippen molar-refractivity contribution in [3.8, 4) is 5.69 Å². The van der Waals surface area contributed by atoms with Crippen LogP contribution in [0.25, 0.3) is 16.6 Å². The molecule has 0 amide bonds. The van der Waals surface area contributed by atoms with Crippen LogP contribution in [0.4, 0.5) is 11.9 Å². The second-order valence-electron chi connectivity index (χ2n) is 5.76. The highest BCUT2D eigenvalue weighted by Crippen LogP contribution is 2.27. The Hall–Kier alpha value is -3.17. The largest absolute Gasteiger partial charge is 0.368 e. The van der Waals surface area contributed by atoms with E-state index in [4.69, 9.17) is 23.1 Å². The maximum Gasteiger partial charge on any atom is 0.266 e. The van der Waals surface area contributed by atoms with Gasteiger partial charge in [-0.05, 0) is 24.3 Å². The molecule has 0 aliphatic heterocycles. The van der Waals surface area contributed by atoms with E-state index >= 15 is 0 Å². The van der Waals surface area contributed by atoms with E-state index in [9.17, 15) is 4.79 Å². The normalized spacial score (nSPS) is 11.0. The van der Waals surface area contributed by atoms with Gasteiger partial charge in [-0.1, -0.05) is 47.6 Å². The number of halogens is 1. The van der Waals surface area contributed by atoms with Crippen LogP contribution in [0, 0.1) is 0 Å². The third kappa shape index (κ3) is 3.49. The number of nitrogens with zero attached hydrogens (tertiary/aromatic N) is 5. The highest BCUT2D eigenvalue weighted by molar-refractivity contribution is 7.98. The van der Waals surface area contributed by atoms with Crippen LogP contribution in [-0.4, -0.2) is 24.5 Å². The van der Waals surface area contributed by atoms with Gasteiger partial charge in [-0.25, -0.2) is 4.98 Å². The fraction of sp³-hybridized carbons (Fsp3) is 0.0556. The van der Waals surface area contributed by atoms with Gasteiger partial charge in [-0.3, -0.25) is 9.36 Å². The molecule has 0 bridgehead atoms. The van der Waals surface area contributed by atoms with Gasteiger partial charge in [0.1, 0.15) is 5.82 Å². The topological polar surface area (TPSA) is 126 Å². The number of benzene rings is 2. The van der Waals surface area contributed by atoms with Crippen molar-refractivity contribution in [1.29, 1.82) is 0 Å². The average Bonchev–Trinajstić information content (AvgIpc) is 2.67. The van der Waals surface area contributed by atoms with Gasteiger partial charge in [0.2, 0.25) is 11.9 Å². The van der Waals surface area contributed by atoms with Crippen molar-refractivity contribution in [3.63, 3.8) is 0 Å². The maximum absolute atomic E-state index is 13.2. The zero-order chi connectivity index (χ0) is 19.7. The molecule has 0 atom stereocenters. The van der Waals surface area contributed by atoms with Crippen LogP contribution in [0.2, 0.25) is 5.02 Å². The number of nitrogens with two attached hydrogens (primary N) is 2. The van der Waals surface area contributed by atoms with Crippen molar-refractivity contribution in [2.24, 2.45) is 0 Å². The number of para-hydroxylation sites is 2. The highest BCUT2D eigenvalue weighted by atomic mass is 35.5. The summed E-state index contributed by atoms with van der Waals surface area (Å²) in [7, 11) is 0. The molecule has 0 fully saturated rings. The molecule has 0 aliphatic rings. The third-order valence-electron chi connectivity index (χ3n) is 3.88. The lowest BCUT2D eigenvalue weighted by Gasteiger charge is -2.14. The number of rotatable bonds is 4. The zero-order valence-electron chi connectivity index (χ0n) is 14.4. The first-order chi connectivity index (χ1) is 13.5. The summed E-state index contributed by atoms with van der Waals surface area (Å²) in [6, 6.07) is 14.3. The average molecular weight is 412 g/mol. The van der Waals surface area contributed by atoms with Gasteiger partial charge in [-0.15, -0.1) is 0 Å². The van der Waals surface area contributed by atoms with Crippen LogP contribution < -0.4 is 17.0 Å². The summed E-state index contributed by atoms with van der Waals surface area (Å²) in [5.41, 5.74) is 12.2. The molecule has 0 radical (unpaired) electrons. The number of nitrogen functional groups attached to an aromatic ring is 2. The Morgan fingerprint density at radius 2 is 1.61 bits per heavy atom. The quantitative estimate of drug-likeness (QED) is 0.387. The first-order valence-corrected chi connectivity index (χ1v) is 9.54. The summed E-state index contributed by atoms with van der Waals surface area (Å²) in [5, 5.41) is 1.40. The standard InChI is InChI=1S/C18H14ClN7OS/c19-11-6-2-4-8-13(11)26-15(27)10-5-1-3-7-12(10)22-18(26)28-9-14-23-16(20)25-17(21)24-14/h1-8H,9H2,(H4,20,21,23,24,25). The predicted octanol–water partition coefficient (Wildman–Crippen LogP) is 2.68. The van der Waals surface area contributed by atoms with Gasteiger partial charge < -0.3 is 11.5 Å². The maximum atomic E-state index is 13.2. The Balaban J connectivity index is 1.85. The lowest BCUT2D eigenvalue weighted by Crippen LogP contribution is -2.22. The third-order valence-corrected chi connectivity index (χ3v) is 5.14. The molecule has 28 heavy (non-hydrogen) atoms. The number of fused-ring (bicyclic) bond motifs is 1. The van der Waals surface area contributed by atoms with Crippen molar-refractivity contribution in [3.05, 3.63) is 69.7 Å². The Labute approximate surface area is 168 Å². The molecule has 2 aromatic carbocycles. The summed E-state index contributed by atoms with van der Waals surface area (Å²) >= 11 is 7.63. The molecule has 4 aromatic rings. The van der Waals surface area contributed by atoms with Gasteiger partial charge in [0, 0.05) is 0 Å². The first-order valence-electron chi connectivity index (χ1n) is 8.18. The molecule has 2 aromatic heterocycles. The lowest BCUT2D eigenvalue weighted by molar-refractivity contribution is 0.818. The Morgan fingerprint density at radius 3 is 2.36 bits per heavy atom. The molecular formula is C18H14ClN7OS. The van der Waals surface area contributed by atoms with Gasteiger partial charge in [0.25, 0.3) is 5.56 Å². The van der Waals surface area contributed by atoms with Crippen molar-refractivity contribution < 1.29 is 0 Å². The van der Waals surface area contributed by atoms with Crippen molar-refractivity contribution in [1.82, 2.24) is 24.5 Å². The first kappa shape index (κ1) is 18.2. The minimum absolute atomic E-state index is 0.0399. The van der Waals surface area contributed by atoms with Gasteiger partial charge in [0.15, 0.2) is 5.16 Å². The second kappa shape index (κ2) is 7.45. The Kier molecular flexibility index (Phi) is 4.84. The minimum atomic E-state index is -0.212. The Morgan fingerprint density at radius 1 is 0.929 bits per heavy atom. The summed E-state index contributed by atoms with van der Waals surface area (Å²) in [4.78, 5) is 29.7. The van der Waals surface area contributed by atoms with Crippen molar-refractivity contribution >= 4 is 46.2 Å². The van der Waals surface area contributed by atoms with Crippen LogP contribution in [0.5, 0.6) is 0 Å². The number of hydrogen-bond acceptors (Lipinski definition) is 8. The minimum Gasteiger partial charge on any atom is -0.368 e. The number of aromatic nitrogens is 5. The monoisotopic (exact) mass is 411 g/mol. The summed E-state index contributed by atoms with van der Waals surface area (Å²) in [5.74, 6) is 0.769. The van der Waals surface area contributed by atoms with Crippen molar-refractivity contribution in [2.45, 2.75) is 10.9 Å². The number of thioether (sulfide) groups is 1. The van der Waals surface area contributed by atoms with Gasteiger partial charge in [-0.2, -0.15) is 15.0 Å². The van der Waals surface area contributed by atoms with E-state index < -0.39 is 0 Å². The molecule has 140 valence electrons. The van der Waals surface area contributed by atoms with E-state index in [1.807, 2.05) is 12.1 Å². The number of anilines is 2. The Bertz CT molecular complexity index is 1220. The summed E-state index contributed by atoms with van der Waals surface area (Å²) in [6.07, 6.45) is 0. The summed E-state index contributed by atoms with van der Waals surface area (Å²) in [6.45, 7) is 0. The molecular weight excluding hydrogens is 398 g/mol. The van der Waals surface area contributed by atoms with E-state index in [1.54, 1.807) is 36.4 Å². The fourth-order valence-electron chi connectivity index (χ4n) is 2.71. The lowest BCUT2D eigenvalue weighted by atomic mass is 10.2. The van der Waals surface area contributed by atoms with E-state index in [-0.39, 0.29) is 17.5 Å². The molecule has 4 N–H and O–H groups in total. The van der Waals surface area contributed by atoms with E-state index in [1.165, 1.54) is 16.3 Å². The highest BCUT2D eigenvalue weighted by Gasteiger charge is 2.16. The summed E-state index contributed by atoms with van der Waals surface area (Å²) < 4.78 is 1.49. The molecule has 0 aliphatic carbocycles. The zero-order valence-corrected chi connectivity index (χ0v) is 16.0. The molecule has 8 nitrogen and oxygen atoms in total. The molecule has 0 spiro atoms. The van der Waals surface area contributed by atoms with Crippen LogP contribution >= 0.6 is 23.4 Å². The van der Waals surface area contributed by atoms with E-state index in [0.29, 0.717) is 38.3 Å². The molecule has 4 rings (SSSR count). The SMILES string of the molecule is Nc1nc(N)nc(CSc2nc3ccccc3c(=O)n2-c2ccccc2Cl)n1. The molecule has 0 unspecified atom stereocenters. The van der Waals surface area contributed by atoms with Gasteiger partial charge >= 0.3 is 0 Å². The van der Waals surface area contributed by atoms with Crippen LogP contribution in [0.1, 0.15) is 5.82 Å². The van der Waals surface area contributed by atoms with Crippen LogP contribution in [0.3, 0.4) is 0 Å². The van der Waals surface area contributed by atoms with E-state index in [2.05, 4.69) is 19.9 Å². The van der Waals surface area contributed by atoms with E-state index in [0.717, 1.165) is 0 Å².